The van der Waals surface area contributed by atoms with Crippen molar-refractivity contribution in [2.75, 3.05) is 0 Å². The van der Waals surface area contributed by atoms with E-state index in [1.54, 1.807) is 6.07 Å². The molecule has 1 aliphatic carbocycles. The molecule has 0 heterocycles. The number of carbonyl (C=O) groups excluding carboxylic acids is 1. The lowest BCUT2D eigenvalue weighted by atomic mass is 10.1. The third kappa shape index (κ3) is 1.14. The van der Waals surface area contributed by atoms with Gasteiger partial charge in [-0.05, 0) is 30.0 Å². The quantitative estimate of drug-likeness (QED) is 0.605. The maximum absolute atomic E-state index is 10.3. The van der Waals surface area contributed by atoms with E-state index in [4.69, 9.17) is 11.6 Å². The van der Waals surface area contributed by atoms with Crippen LogP contribution < -0.4 is 0 Å². The van der Waals surface area contributed by atoms with Crippen molar-refractivity contribution in [2.24, 2.45) is 0 Å². The lowest BCUT2D eigenvalue weighted by Crippen LogP contribution is -1.87. The van der Waals surface area contributed by atoms with Gasteiger partial charge in [0.05, 0.1) is 5.38 Å². The van der Waals surface area contributed by atoms with Gasteiger partial charge in [0.2, 0.25) is 6.29 Å². The van der Waals surface area contributed by atoms with Crippen molar-refractivity contribution >= 4 is 17.9 Å². The fraction of sp³-hybridized carbons (Fsp3) is 0.300. The van der Waals surface area contributed by atoms with E-state index in [1.165, 1.54) is 5.56 Å². The van der Waals surface area contributed by atoms with Crippen molar-refractivity contribution in [3.8, 4) is 0 Å². The first-order valence-corrected chi connectivity index (χ1v) is 4.40. The number of halogens is 1. The Labute approximate surface area is 76.4 Å². The van der Waals surface area contributed by atoms with Crippen LogP contribution in [-0.4, -0.2) is 6.29 Å². The van der Waals surface area contributed by atoms with Gasteiger partial charge in [-0.2, -0.15) is 0 Å². The number of hydrogen-bond donors (Lipinski definition) is 0. The molecule has 0 amide bonds. The van der Waals surface area contributed by atoms with Gasteiger partial charge in [-0.1, -0.05) is 12.1 Å². The van der Waals surface area contributed by atoms with E-state index >= 15 is 0 Å². The molecule has 1 aliphatic rings. The van der Waals surface area contributed by atoms with Gasteiger partial charge in [0, 0.05) is 5.56 Å². The van der Waals surface area contributed by atoms with Crippen molar-refractivity contribution in [1.29, 1.82) is 0 Å². The maximum atomic E-state index is 10.3. The number of alkyl halides is 1. The minimum atomic E-state index is 0.0910. The molecule has 0 spiro atoms. The predicted molar refractivity (Wildman–Crippen MR) is 48.2 cm³/mol. The van der Waals surface area contributed by atoms with Crippen LogP contribution in [0.4, 0.5) is 0 Å². The first-order chi connectivity index (χ1) is 5.81. The Morgan fingerprint density at radius 3 is 3.08 bits per heavy atom. The first-order valence-electron chi connectivity index (χ1n) is 3.96. The van der Waals surface area contributed by atoms with E-state index in [0.717, 1.165) is 18.4 Å². The number of rotatable bonds is 1. The fourth-order valence-electron chi connectivity index (χ4n) is 1.62. The Hall–Kier alpha value is -0.820. The van der Waals surface area contributed by atoms with Gasteiger partial charge in [-0.15, -0.1) is 11.6 Å². The molecule has 0 N–H and O–H groups in total. The Morgan fingerprint density at radius 1 is 1.50 bits per heavy atom. The number of benzene rings is 1. The lowest BCUT2D eigenvalue weighted by Gasteiger charge is -2.01. The summed E-state index contributed by atoms with van der Waals surface area (Å²) in [5, 5.41) is 0.0910. The highest BCUT2D eigenvalue weighted by Gasteiger charge is 2.19. The SMILES string of the molecule is O=[C]c1ccc2c(c1)C(Cl)CC2. The minimum absolute atomic E-state index is 0.0910. The topological polar surface area (TPSA) is 17.1 Å². The third-order valence-electron chi connectivity index (χ3n) is 2.27. The molecule has 0 fully saturated rings. The molecule has 0 saturated heterocycles. The summed E-state index contributed by atoms with van der Waals surface area (Å²) in [5.41, 5.74) is 2.98. The molecule has 61 valence electrons. The molecule has 1 aromatic rings. The highest BCUT2D eigenvalue weighted by atomic mass is 35.5. The third-order valence-corrected chi connectivity index (χ3v) is 2.72. The van der Waals surface area contributed by atoms with Gasteiger partial charge < -0.3 is 0 Å². The molecular weight excluding hydrogens is 172 g/mol. The molecule has 0 saturated carbocycles. The molecule has 2 heteroatoms. The molecule has 0 bridgehead atoms. The van der Waals surface area contributed by atoms with Crippen molar-refractivity contribution in [1.82, 2.24) is 0 Å². The van der Waals surface area contributed by atoms with E-state index in [9.17, 15) is 4.79 Å². The van der Waals surface area contributed by atoms with Crippen molar-refractivity contribution in [2.45, 2.75) is 18.2 Å². The van der Waals surface area contributed by atoms with Crippen LogP contribution in [0.2, 0.25) is 0 Å². The highest BCUT2D eigenvalue weighted by molar-refractivity contribution is 6.21. The monoisotopic (exact) mass is 179 g/mol. The average molecular weight is 180 g/mol. The molecule has 1 atom stereocenters. The zero-order chi connectivity index (χ0) is 8.55. The standard InChI is InChI=1S/C10H8ClO/c11-10-4-3-8-2-1-7(6-12)5-9(8)10/h1-2,5,10H,3-4H2. The van der Waals surface area contributed by atoms with Crippen LogP contribution in [0, 0.1) is 0 Å². The summed E-state index contributed by atoms with van der Waals surface area (Å²) < 4.78 is 0. The highest BCUT2D eigenvalue weighted by Crippen LogP contribution is 2.36. The zero-order valence-corrected chi connectivity index (χ0v) is 7.27. The van der Waals surface area contributed by atoms with Gasteiger partial charge in [-0.25, -0.2) is 0 Å². The van der Waals surface area contributed by atoms with E-state index in [0.29, 0.717) is 5.56 Å². The molecule has 12 heavy (non-hydrogen) atoms. The van der Waals surface area contributed by atoms with Crippen LogP contribution in [0.25, 0.3) is 0 Å². The summed E-state index contributed by atoms with van der Waals surface area (Å²) in [7, 11) is 0. The zero-order valence-electron chi connectivity index (χ0n) is 6.51. The van der Waals surface area contributed by atoms with Crippen LogP contribution in [0.5, 0.6) is 0 Å². The average Bonchev–Trinajstić information content (AvgIpc) is 2.47. The van der Waals surface area contributed by atoms with Gasteiger partial charge in [0.25, 0.3) is 0 Å². The first kappa shape index (κ1) is 7.81. The van der Waals surface area contributed by atoms with Crippen molar-refractivity contribution < 1.29 is 4.79 Å². The van der Waals surface area contributed by atoms with Gasteiger partial charge >= 0.3 is 0 Å². The Kier molecular flexibility index (Phi) is 1.89. The van der Waals surface area contributed by atoms with Gasteiger partial charge in [0.1, 0.15) is 0 Å². The maximum Gasteiger partial charge on any atom is 0.233 e. The minimum Gasteiger partial charge on any atom is -0.285 e. The molecule has 1 radical (unpaired) electrons. The Bertz CT molecular complexity index is 320. The van der Waals surface area contributed by atoms with Crippen LogP contribution in [0.15, 0.2) is 18.2 Å². The fourth-order valence-corrected chi connectivity index (χ4v) is 1.93. The number of fused-ring (bicyclic) bond motifs is 1. The predicted octanol–water partition coefficient (Wildman–Crippen LogP) is 2.37. The number of aryl methyl sites for hydroxylation is 1. The molecule has 0 aliphatic heterocycles. The Morgan fingerprint density at radius 2 is 2.33 bits per heavy atom. The summed E-state index contributed by atoms with van der Waals surface area (Å²) in [6.45, 7) is 0. The second-order valence-electron chi connectivity index (χ2n) is 3.02. The van der Waals surface area contributed by atoms with Crippen molar-refractivity contribution in [3.05, 3.63) is 34.9 Å². The number of hydrogen-bond acceptors (Lipinski definition) is 1. The van der Waals surface area contributed by atoms with Gasteiger partial charge in [0.15, 0.2) is 0 Å². The van der Waals surface area contributed by atoms with E-state index in [1.807, 2.05) is 18.4 Å². The molecule has 1 unspecified atom stereocenters. The smallest absolute Gasteiger partial charge is 0.233 e. The lowest BCUT2D eigenvalue weighted by molar-refractivity contribution is 0.562. The summed E-state index contributed by atoms with van der Waals surface area (Å²) in [6, 6.07) is 5.60. The molecule has 0 aromatic heterocycles. The molecule has 1 aromatic carbocycles. The second-order valence-corrected chi connectivity index (χ2v) is 3.55. The molecule has 1 nitrogen and oxygen atoms in total. The normalized spacial score (nSPS) is 20.6. The van der Waals surface area contributed by atoms with Crippen LogP contribution in [0.3, 0.4) is 0 Å². The summed E-state index contributed by atoms with van der Waals surface area (Å²) in [5.74, 6) is 0. The largest absolute Gasteiger partial charge is 0.285 e. The molecular formula is C10H8ClO. The summed E-state index contributed by atoms with van der Waals surface area (Å²) in [6.07, 6.45) is 3.88. The molecule has 2 rings (SSSR count). The summed E-state index contributed by atoms with van der Waals surface area (Å²) >= 11 is 6.04. The summed E-state index contributed by atoms with van der Waals surface area (Å²) in [4.78, 5) is 10.3. The van der Waals surface area contributed by atoms with Crippen LogP contribution in [0.1, 0.15) is 28.5 Å². The van der Waals surface area contributed by atoms with Crippen molar-refractivity contribution in [3.63, 3.8) is 0 Å². The van der Waals surface area contributed by atoms with Gasteiger partial charge in [-0.3, -0.25) is 4.79 Å². The Balaban J connectivity index is 2.50. The van der Waals surface area contributed by atoms with Crippen LogP contribution in [-0.2, 0) is 11.2 Å². The van der Waals surface area contributed by atoms with E-state index in [-0.39, 0.29) is 5.38 Å². The van der Waals surface area contributed by atoms with E-state index in [2.05, 4.69) is 0 Å². The van der Waals surface area contributed by atoms with E-state index < -0.39 is 0 Å². The van der Waals surface area contributed by atoms with Crippen LogP contribution >= 0.6 is 11.6 Å². The second kappa shape index (κ2) is 2.91.